The van der Waals surface area contributed by atoms with Gasteiger partial charge in [-0.25, -0.2) is 4.99 Å². The van der Waals surface area contributed by atoms with E-state index in [0.29, 0.717) is 12.0 Å². The lowest BCUT2D eigenvalue weighted by Crippen LogP contribution is -2.42. The van der Waals surface area contributed by atoms with Gasteiger partial charge in [-0.2, -0.15) is 0 Å². The fourth-order valence-corrected chi connectivity index (χ4v) is 5.38. The third kappa shape index (κ3) is 5.38. The fourth-order valence-electron chi connectivity index (χ4n) is 4.07. The van der Waals surface area contributed by atoms with E-state index in [1.54, 1.807) is 18.2 Å². The first-order valence-corrected chi connectivity index (χ1v) is 10.7. The average Bonchev–Trinajstić information content (AvgIpc) is 2.99. The molecule has 1 saturated carbocycles. The van der Waals surface area contributed by atoms with Crippen molar-refractivity contribution in [3.8, 4) is 0 Å². The van der Waals surface area contributed by atoms with E-state index in [2.05, 4.69) is 18.7 Å². The van der Waals surface area contributed by atoms with Crippen LogP contribution < -0.4 is 0 Å². The lowest BCUT2D eigenvalue weighted by atomic mass is 9.84. The number of nitrogens with zero attached hydrogens (tertiary/aromatic N) is 3. The number of non-ortho nitro benzene ring substituents is 1. The fraction of sp³-hybridized carbons (Fsp3) is 0.650. The highest BCUT2D eigenvalue weighted by Gasteiger charge is 2.36. The molecule has 3 rings (SSSR count). The minimum atomic E-state index is -0.349. The summed E-state index contributed by atoms with van der Waals surface area (Å²) in [6, 6.07) is 5.53. The molecule has 0 unspecified atom stereocenters. The molecule has 2 fully saturated rings. The lowest BCUT2D eigenvalue weighted by Gasteiger charge is -2.35. The SMILES string of the molecule is Cc1cc([N+](=O)[O-])ccc1/N=C1\SC[C@H](C2CCCCC2)N1CC(C)C.Cl. The molecule has 5 nitrogen and oxygen atoms in total. The highest BCUT2D eigenvalue weighted by Crippen LogP contribution is 2.38. The third-order valence-electron chi connectivity index (χ3n) is 5.39. The molecule has 1 aliphatic heterocycles. The van der Waals surface area contributed by atoms with Crippen LogP contribution in [0.4, 0.5) is 11.4 Å². The van der Waals surface area contributed by atoms with E-state index in [0.717, 1.165) is 34.6 Å². The van der Waals surface area contributed by atoms with E-state index in [4.69, 9.17) is 4.99 Å². The summed E-state index contributed by atoms with van der Waals surface area (Å²) in [4.78, 5) is 18.0. The van der Waals surface area contributed by atoms with Crippen LogP contribution in [0.2, 0.25) is 0 Å². The van der Waals surface area contributed by atoms with Crippen molar-refractivity contribution >= 4 is 40.7 Å². The number of aryl methyl sites for hydroxylation is 1. The maximum atomic E-state index is 11.0. The number of hydrogen-bond donors (Lipinski definition) is 0. The molecule has 0 N–H and O–H groups in total. The molecule has 0 amide bonds. The molecule has 1 heterocycles. The number of rotatable bonds is 5. The van der Waals surface area contributed by atoms with E-state index < -0.39 is 0 Å². The number of aliphatic imine (C=N–C) groups is 1. The second-order valence-electron chi connectivity index (χ2n) is 7.94. The molecule has 150 valence electrons. The molecule has 0 aromatic heterocycles. The van der Waals surface area contributed by atoms with Crippen LogP contribution in [0.3, 0.4) is 0 Å². The molecule has 1 atom stereocenters. The van der Waals surface area contributed by atoms with Crippen molar-refractivity contribution in [2.24, 2.45) is 16.8 Å². The second-order valence-corrected chi connectivity index (χ2v) is 8.93. The Hall–Kier alpha value is -1.27. The zero-order valence-electron chi connectivity index (χ0n) is 16.4. The Bertz CT molecular complexity index is 690. The Morgan fingerprint density at radius 3 is 2.59 bits per heavy atom. The topological polar surface area (TPSA) is 58.7 Å². The maximum Gasteiger partial charge on any atom is 0.269 e. The largest absolute Gasteiger partial charge is 0.347 e. The van der Waals surface area contributed by atoms with Gasteiger partial charge in [-0.3, -0.25) is 10.1 Å². The standard InChI is InChI=1S/C20H29N3O2S.ClH/c1-14(2)12-22-19(16-7-5-4-6-8-16)13-26-20(22)21-18-10-9-17(23(24)25)11-15(18)3;/h9-11,14,16,19H,4-8,12-13H2,1-3H3;1H/b21-20-;/t19-;/m1./s1. The van der Waals surface area contributed by atoms with Gasteiger partial charge >= 0.3 is 0 Å². The summed E-state index contributed by atoms with van der Waals surface area (Å²) in [5.41, 5.74) is 1.83. The average molecular weight is 412 g/mol. The summed E-state index contributed by atoms with van der Waals surface area (Å²) in [5.74, 6) is 2.48. The summed E-state index contributed by atoms with van der Waals surface area (Å²) >= 11 is 1.85. The van der Waals surface area contributed by atoms with Crippen LogP contribution >= 0.6 is 24.2 Å². The summed E-state index contributed by atoms with van der Waals surface area (Å²) < 4.78 is 0. The number of nitro benzene ring substituents is 1. The highest BCUT2D eigenvalue weighted by molar-refractivity contribution is 8.14. The van der Waals surface area contributed by atoms with Crippen LogP contribution in [-0.4, -0.2) is 33.3 Å². The van der Waals surface area contributed by atoms with Gasteiger partial charge in [-0.05, 0) is 43.2 Å². The molecule has 1 aromatic carbocycles. The predicted molar refractivity (Wildman–Crippen MR) is 117 cm³/mol. The molecule has 0 spiro atoms. The molecule has 7 heteroatoms. The first kappa shape index (κ1) is 22.0. The van der Waals surface area contributed by atoms with Crippen LogP contribution in [-0.2, 0) is 0 Å². The van der Waals surface area contributed by atoms with Crippen molar-refractivity contribution in [1.29, 1.82) is 0 Å². The van der Waals surface area contributed by atoms with E-state index >= 15 is 0 Å². The molecule has 0 bridgehead atoms. The second kappa shape index (κ2) is 9.78. The molecule has 1 aliphatic carbocycles. The van der Waals surface area contributed by atoms with Gasteiger partial charge in [0.15, 0.2) is 5.17 Å². The molecule has 1 aromatic rings. The number of amidine groups is 1. The van der Waals surface area contributed by atoms with E-state index in [1.807, 2.05) is 18.7 Å². The Morgan fingerprint density at radius 2 is 2.00 bits per heavy atom. The summed E-state index contributed by atoms with van der Waals surface area (Å²) in [5, 5.41) is 12.0. The normalized spacial score (nSPS) is 22.3. The molecule has 27 heavy (non-hydrogen) atoms. The minimum Gasteiger partial charge on any atom is -0.347 e. The van der Waals surface area contributed by atoms with Gasteiger partial charge in [0.2, 0.25) is 0 Å². The summed E-state index contributed by atoms with van der Waals surface area (Å²) in [7, 11) is 0. The van der Waals surface area contributed by atoms with Gasteiger partial charge < -0.3 is 4.90 Å². The molecule has 0 radical (unpaired) electrons. The van der Waals surface area contributed by atoms with Crippen molar-refractivity contribution in [3.05, 3.63) is 33.9 Å². The number of hydrogen-bond acceptors (Lipinski definition) is 4. The quantitative estimate of drug-likeness (QED) is 0.442. The van der Waals surface area contributed by atoms with Crippen molar-refractivity contribution in [2.45, 2.75) is 58.9 Å². The Labute approximate surface area is 172 Å². The van der Waals surface area contributed by atoms with Crippen molar-refractivity contribution < 1.29 is 4.92 Å². The first-order chi connectivity index (χ1) is 12.5. The molecular formula is C20H30ClN3O2S. The van der Waals surface area contributed by atoms with Crippen LogP contribution in [0.15, 0.2) is 23.2 Å². The maximum absolute atomic E-state index is 11.0. The first-order valence-electron chi connectivity index (χ1n) is 9.69. The van der Waals surface area contributed by atoms with Gasteiger partial charge in [-0.15, -0.1) is 12.4 Å². The Morgan fingerprint density at radius 1 is 1.30 bits per heavy atom. The third-order valence-corrected chi connectivity index (χ3v) is 6.48. The van der Waals surface area contributed by atoms with Crippen LogP contribution in [0.25, 0.3) is 0 Å². The van der Waals surface area contributed by atoms with Gasteiger partial charge in [-0.1, -0.05) is 44.9 Å². The van der Waals surface area contributed by atoms with Gasteiger partial charge in [0.1, 0.15) is 0 Å². The predicted octanol–water partition coefficient (Wildman–Crippen LogP) is 5.97. The molecule has 1 saturated heterocycles. The van der Waals surface area contributed by atoms with E-state index in [-0.39, 0.29) is 23.0 Å². The van der Waals surface area contributed by atoms with Gasteiger partial charge in [0.25, 0.3) is 5.69 Å². The van der Waals surface area contributed by atoms with Gasteiger partial charge in [0, 0.05) is 30.5 Å². The number of halogens is 1. The molecular weight excluding hydrogens is 382 g/mol. The van der Waals surface area contributed by atoms with Crippen molar-refractivity contribution in [3.63, 3.8) is 0 Å². The monoisotopic (exact) mass is 411 g/mol. The van der Waals surface area contributed by atoms with E-state index in [1.165, 1.54) is 32.1 Å². The zero-order chi connectivity index (χ0) is 18.7. The summed E-state index contributed by atoms with van der Waals surface area (Å²) in [6.07, 6.45) is 6.77. The highest BCUT2D eigenvalue weighted by atomic mass is 35.5. The number of benzene rings is 1. The lowest BCUT2D eigenvalue weighted by molar-refractivity contribution is -0.384. The Balaban J connectivity index is 0.00000261. The number of nitro groups is 1. The zero-order valence-corrected chi connectivity index (χ0v) is 18.0. The number of thioether (sulfide) groups is 1. The van der Waals surface area contributed by atoms with Crippen molar-refractivity contribution in [1.82, 2.24) is 4.90 Å². The van der Waals surface area contributed by atoms with Crippen LogP contribution in [0.5, 0.6) is 0 Å². The smallest absolute Gasteiger partial charge is 0.269 e. The van der Waals surface area contributed by atoms with Crippen LogP contribution in [0, 0.1) is 28.9 Å². The Kier molecular flexibility index (Phi) is 7.98. The summed E-state index contributed by atoms with van der Waals surface area (Å²) in [6.45, 7) is 7.45. The van der Waals surface area contributed by atoms with Gasteiger partial charge in [0.05, 0.1) is 10.6 Å². The van der Waals surface area contributed by atoms with Crippen LogP contribution in [0.1, 0.15) is 51.5 Å². The minimum absolute atomic E-state index is 0. The van der Waals surface area contributed by atoms with Crippen molar-refractivity contribution in [2.75, 3.05) is 12.3 Å². The van der Waals surface area contributed by atoms with E-state index in [9.17, 15) is 10.1 Å². The molecule has 2 aliphatic rings.